The summed E-state index contributed by atoms with van der Waals surface area (Å²) in [5.41, 5.74) is 5.95. The molecule has 0 radical (unpaired) electrons. The molecule has 0 spiro atoms. The molecule has 31 heavy (non-hydrogen) atoms. The van der Waals surface area contributed by atoms with Crippen molar-refractivity contribution in [1.29, 1.82) is 5.26 Å². The second kappa shape index (κ2) is 7.02. The Bertz CT molecular complexity index is 1440. The van der Waals surface area contributed by atoms with E-state index in [0.29, 0.717) is 17.9 Å². The van der Waals surface area contributed by atoms with Crippen molar-refractivity contribution in [3.63, 3.8) is 0 Å². The number of hydrogen-bond donors (Lipinski definition) is 0. The fourth-order valence-corrected chi connectivity index (χ4v) is 4.11. The van der Waals surface area contributed by atoms with Gasteiger partial charge in [-0.3, -0.25) is 9.97 Å². The van der Waals surface area contributed by atoms with Gasteiger partial charge < -0.3 is 4.90 Å². The summed E-state index contributed by atoms with van der Waals surface area (Å²) >= 11 is 0. The fraction of sp³-hybridized carbons (Fsp3) is 0.273. The second-order valence-electron chi connectivity index (χ2n) is 7.72. The standard InChI is InChI=1S/C22H20N8O/c1-13-14(2)30-21(27-28(3)22(30)31)26-20(13)29-7-5-19-17(12-29)8-16(10-25-19)18-11-24-6-4-15(18)9-23/h4,6,8,10-11H,5,7,12H2,1-3H3. The lowest BCUT2D eigenvalue weighted by atomic mass is 9.98. The molecule has 0 aliphatic carbocycles. The highest BCUT2D eigenvalue weighted by Gasteiger charge is 2.23. The summed E-state index contributed by atoms with van der Waals surface area (Å²) in [6.07, 6.45) is 5.91. The average molecular weight is 412 g/mol. The zero-order valence-corrected chi connectivity index (χ0v) is 17.5. The average Bonchev–Trinajstić information content (AvgIpc) is 3.08. The molecule has 9 nitrogen and oxygen atoms in total. The van der Waals surface area contributed by atoms with E-state index in [1.54, 1.807) is 29.9 Å². The number of pyridine rings is 2. The molecule has 0 unspecified atom stereocenters. The summed E-state index contributed by atoms with van der Waals surface area (Å²) in [6.45, 7) is 5.31. The number of nitrogens with zero attached hydrogens (tertiary/aromatic N) is 8. The Hall–Kier alpha value is -4.06. The van der Waals surface area contributed by atoms with Crippen molar-refractivity contribution >= 4 is 11.6 Å². The highest BCUT2D eigenvalue weighted by atomic mass is 16.2. The van der Waals surface area contributed by atoms with E-state index in [4.69, 9.17) is 4.98 Å². The molecule has 154 valence electrons. The lowest BCUT2D eigenvalue weighted by Crippen LogP contribution is -2.33. The van der Waals surface area contributed by atoms with Gasteiger partial charge in [0.2, 0.25) is 0 Å². The molecule has 0 atom stereocenters. The molecule has 5 rings (SSSR count). The summed E-state index contributed by atoms with van der Waals surface area (Å²) in [5, 5.41) is 13.7. The SMILES string of the molecule is Cc1c(N2CCc3ncc(-c4cnccc4C#N)cc3C2)nc2nn(C)c(=O)n2c1C. The number of anilines is 1. The molecule has 0 bridgehead atoms. The first kappa shape index (κ1) is 18.9. The summed E-state index contributed by atoms with van der Waals surface area (Å²) in [5.74, 6) is 1.23. The molecular weight excluding hydrogens is 392 g/mol. The van der Waals surface area contributed by atoms with Crippen molar-refractivity contribution in [2.24, 2.45) is 7.05 Å². The first-order chi connectivity index (χ1) is 15.0. The van der Waals surface area contributed by atoms with Crippen LogP contribution in [0.3, 0.4) is 0 Å². The summed E-state index contributed by atoms with van der Waals surface area (Å²) < 4.78 is 2.85. The lowest BCUT2D eigenvalue weighted by molar-refractivity contribution is 0.698. The highest BCUT2D eigenvalue weighted by Crippen LogP contribution is 2.30. The predicted molar refractivity (Wildman–Crippen MR) is 115 cm³/mol. The Morgan fingerprint density at radius 3 is 2.87 bits per heavy atom. The number of nitriles is 1. The molecule has 9 heteroatoms. The lowest BCUT2D eigenvalue weighted by Gasteiger charge is -2.31. The predicted octanol–water partition coefficient (Wildman–Crippen LogP) is 1.94. The first-order valence-electron chi connectivity index (χ1n) is 9.98. The number of rotatable bonds is 2. The quantitative estimate of drug-likeness (QED) is 0.495. The van der Waals surface area contributed by atoms with E-state index >= 15 is 0 Å². The van der Waals surface area contributed by atoms with Gasteiger partial charge >= 0.3 is 5.69 Å². The molecule has 5 heterocycles. The smallest absolute Gasteiger partial charge is 0.351 e. The van der Waals surface area contributed by atoms with Crippen LogP contribution in [0, 0.1) is 25.2 Å². The maximum Gasteiger partial charge on any atom is 0.351 e. The van der Waals surface area contributed by atoms with E-state index in [9.17, 15) is 10.1 Å². The van der Waals surface area contributed by atoms with Crippen LogP contribution < -0.4 is 10.6 Å². The van der Waals surface area contributed by atoms with Gasteiger partial charge in [-0.2, -0.15) is 10.2 Å². The van der Waals surface area contributed by atoms with Gasteiger partial charge in [0.15, 0.2) is 0 Å². The van der Waals surface area contributed by atoms with Gasteiger partial charge in [-0.1, -0.05) is 0 Å². The van der Waals surface area contributed by atoms with Crippen LogP contribution in [-0.4, -0.2) is 35.7 Å². The third-order valence-corrected chi connectivity index (χ3v) is 5.92. The van der Waals surface area contributed by atoms with E-state index in [1.807, 2.05) is 20.0 Å². The topological polar surface area (TPSA) is 105 Å². The van der Waals surface area contributed by atoms with Crippen molar-refractivity contribution < 1.29 is 0 Å². The Morgan fingerprint density at radius 1 is 1.23 bits per heavy atom. The van der Waals surface area contributed by atoms with E-state index in [0.717, 1.165) is 52.4 Å². The molecular formula is C22H20N8O. The summed E-state index contributed by atoms with van der Waals surface area (Å²) in [6, 6.07) is 6.01. The highest BCUT2D eigenvalue weighted by molar-refractivity contribution is 5.70. The zero-order valence-electron chi connectivity index (χ0n) is 17.5. The first-order valence-corrected chi connectivity index (χ1v) is 9.98. The van der Waals surface area contributed by atoms with Gasteiger partial charge in [0.1, 0.15) is 5.82 Å². The van der Waals surface area contributed by atoms with Crippen LogP contribution in [0.1, 0.15) is 28.1 Å². The van der Waals surface area contributed by atoms with Gasteiger partial charge in [-0.15, -0.1) is 5.10 Å². The Labute approximate surface area is 178 Å². The maximum absolute atomic E-state index is 12.4. The molecule has 0 N–H and O–H groups in total. The van der Waals surface area contributed by atoms with Crippen molar-refractivity contribution in [2.75, 3.05) is 11.4 Å². The maximum atomic E-state index is 12.4. The molecule has 0 aromatic carbocycles. The van der Waals surface area contributed by atoms with Gasteiger partial charge in [-0.25, -0.2) is 13.9 Å². The minimum Gasteiger partial charge on any atom is -0.351 e. The minimum absolute atomic E-state index is 0.197. The Balaban J connectivity index is 1.56. The van der Waals surface area contributed by atoms with Crippen LogP contribution in [0.5, 0.6) is 0 Å². The van der Waals surface area contributed by atoms with Gasteiger partial charge in [-0.05, 0) is 31.5 Å². The second-order valence-corrected chi connectivity index (χ2v) is 7.72. The van der Waals surface area contributed by atoms with Crippen LogP contribution in [0.4, 0.5) is 5.82 Å². The molecule has 0 fully saturated rings. The van der Waals surface area contributed by atoms with E-state index < -0.39 is 0 Å². The van der Waals surface area contributed by atoms with Crippen molar-refractivity contribution in [2.45, 2.75) is 26.8 Å². The van der Waals surface area contributed by atoms with Crippen LogP contribution in [0.2, 0.25) is 0 Å². The van der Waals surface area contributed by atoms with E-state index in [1.165, 1.54) is 4.68 Å². The fourth-order valence-electron chi connectivity index (χ4n) is 4.11. The van der Waals surface area contributed by atoms with Gasteiger partial charge in [0.05, 0.1) is 11.6 Å². The summed E-state index contributed by atoms with van der Waals surface area (Å²) in [7, 11) is 1.63. The normalized spacial score (nSPS) is 13.3. The molecule has 0 amide bonds. The Morgan fingerprint density at radius 2 is 2.06 bits per heavy atom. The number of hydrogen-bond acceptors (Lipinski definition) is 7. The van der Waals surface area contributed by atoms with Crippen molar-refractivity contribution in [1.82, 2.24) is 29.1 Å². The van der Waals surface area contributed by atoms with E-state index in [-0.39, 0.29) is 5.69 Å². The number of fused-ring (bicyclic) bond motifs is 2. The number of aromatic nitrogens is 6. The third kappa shape index (κ3) is 2.95. The molecule has 1 aliphatic heterocycles. The molecule has 0 saturated heterocycles. The molecule has 1 aliphatic rings. The molecule has 4 aromatic rings. The van der Waals surface area contributed by atoms with Crippen LogP contribution >= 0.6 is 0 Å². The Kier molecular flexibility index (Phi) is 4.29. The van der Waals surface area contributed by atoms with Crippen molar-refractivity contribution in [3.05, 3.63) is 69.3 Å². The van der Waals surface area contributed by atoms with Crippen LogP contribution in [0.15, 0.2) is 35.5 Å². The van der Waals surface area contributed by atoms with Gasteiger partial charge in [0, 0.05) is 73.2 Å². The zero-order chi connectivity index (χ0) is 21.7. The minimum atomic E-state index is -0.197. The summed E-state index contributed by atoms with van der Waals surface area (Å²) in [4.78, 5) is 28.1. The number of aryl methyl sites for hydroxylation is 2. The third-order valence-electron chi connectivity index (χ3n) is 5.92. The monoisotopic (exact) mass is 412 g/mol. The van der Waals surface area contributed by atoms with Crippen LogP contribution in [-0.2, 0) is 20.0 Å². The largest absolute Gasteiger partial charge is 0.351 e. The van der Waals surface area contributed by atoms with Crippen LogP contribution in [0.25, 0.3) is 16.9 Å². The molecule has 4 aromatic heterocycles. The van der Waals surface area contributed by atoms with Crippen molar-refractivity contribution in [3.8, 4) is 17.2 Å². The van der Waals surface area contributed by atoms with E-state index in [2.05, 4.69) is 32.1 Å². The molecule has 0 saturated carbocycles. The van der Waals surface area contributed by atoms with Gasteiger partial charge in [0.25, 0.3) is 5.78 Å².